The number of carbonyl (C=O) groups excluding carboxylic acids is 2. The van der Waals surface area contributed by atoms with Gasteiger partial charge in [0, 0.05) is 12.8 Å². The van der Waals surface area contributed by atoms with E-state index in [4.69, 9.17) is 9.47 Å². The number of rotatable bonds is 60. The lowest BCUT2D eigenvalue weighted by Crippen LogP contribution is -2.28. The predicted molar refractivity (Wildman–Crippen MR) is 343 cm³/mol. The van der Waals surface area contributed by atoms with Crippen LogP contribution in [0.3, 0.4) is 0 Å². The van der Waals surface area contributed by atoms with Gasteiger partial charge in [-0.15, -0.1) is 0 Å². The first kappa shape index (κ1) is 74.3. The number of aliphatic hydroxyl groups excluding tert-OH is 1. The summed E-state index contributed by atoms with van der Waals surface area (Å²) in [5.74, 6) is -0.594. The van der Waals surface area contributed by atoms with Crippen molar-refractivity contribution in [3.63, 3.8) is 0 Å². The van der Waals surface area contributed by atoms with Crippen LogP contribution in [0.25, 0.3) is 0 Å². The zero-order valence-electron chi connectivity index (χ0n) is 51.1. The van der Waals surface area contributed by atoms with Crippen molar-refractivity contribution in [2.75, 3.05) is 13.2 Å². The van der Waals surface area contributed by atoms with E-state index in [-0.39, 0.29) is 25.2 Å². The van der Waals surface area contributed by atoms with Crippen molar-refractivity contribution in [3.05, 3.63) is 122 Å². The second-order valence-electron chi connectivity index (χ2n) is 21.8. The molecule has 1 N–H and O–H groups in total. The van der Waals surface area contributed by atoms with Crippen LogP contribution in [0.1, 0.15) is 309 Å². The van der Waals surface area contributed by atoms with Gasteiger partial charge in [0.05, 0.1) is 6.61 Å². The summed E-state index contributed by atoms with van der Waals surface area (Å²) >= 11 is 0. The zero-order chi connectivity index (χ0) is 56.2. The summed E-state index contributed by atoms with van der Waals surface area (Å²) in [7, 11) is 0. The van der Waals surface area contributed by atoms with Gasteiger partial charge in [0.15, 0.2) is 6.10 Å². The topological polar surface area (TPSA) is 72.8 Å². The Balaban J connectivity index is 3.50. The largest absolute Gasteiger partial charge is 0.462 e. The molecule has 446 valence electrons. The van der Waals surface area contributed by atoms with Crippen LogP contribution in [-0.2, 0) is 19.1 Å². The average Bonchev–Trinajstić information content (AvgIpc) is 3.44. The maximum Gasteiger partial charge on any atom is 0.306 e. The highest BCUT2D eigenvalue weighted by Gasteiger charge is 2.16. The summed E-state index contributed by atoms with van der Waals surface area (Å²) in [4.78, 5) is 24.6. The summed E-state index contributed by atoms with van der Waals surface area (Å²) in [6, 6.07) is 0. The van der Waals surface area contributed by atoms with Gasteiger partial charge < -0.3 is 14.6 Å². The van der Waals surface area contributed by atoms with E-state index in [1.807, 2.05) is 0 Å². The van der Waals surface area contributed by atoms with Gasteiger partial charge in [0.25, 0.3) is 0 Å². The number of allylic oxidation sites excluding steroid dienone is 20. The molecular formula is C73H124O5. The molecular weight excluding hydrogens is 957 g/mol. The number of hydrogen-bond acceptors (Lipinski definition) is 5. The molecule has 1 unspecified atom stereocenters. The Bertz CT molecular complexity index is 1550. The Hall–Kier alpha value is -3.70. The molecule has 0 amide bonds. The fourth-order valence-corrected chi connectivity index (χ4v) is 9.31. The highest BCUT2D eigenvalue weighted by atomic mass is 16.6. The van der Waals surface area contributed by atoms with E-state index in [0.29, 0.717) is 12.8 Å². The highest BCUT2D eigenvalue weighted by Crippen LogP contribution is 2.17. The fraction of sp³-hybridized carbons (Fsp3) is 0.699. The normalized spacial score (nSPS) is 13.0. The molecule has 1 atom stereocenters. The van der Waals surface area contributed by atoms with E-state index in [1.54, 1.807) is 0 Å². The Morgan fingerprint density at radius 3 is 0.833 bits per heavy atom. The lowest BCUT2D eigenvalue weighted by Gasteiger charge is -2.15. The monoisotopic (exact) mass is 1080 g/mol. The van der Waals surface area contributed by atoms with Crippen molar-refractivity contribution in [2.45, 2.75) is 315 Å². The Morgan fingerprint density at radius 2 is 0.551 bits per heavy atom. The van der Waals surface area contributed by atoms with E-state index < -0.39 is 6.10 Å². The van der Waals surface area contributed by atoms with Crippen LogP contribution in [0.2, 0.25) is 0 Å². The minimum atomic E-state index is -0.784. The molecule has 5 heteroatoms. The van der Waals surface area contributed by atoms with E-state index in [9.17, 15) is 14.7 Å². The quantitative estimate of drug-likeness (QED) is 0.0373. The second-order valence-corrected chi connectivity index (χ2v) is 21.8. The number of ether oxygens (including phenoxy) is 2. The number of esters is 2. The molecule has 0 bridgehead atoms. The van der Waals surface area contributed by atoms with Crippen molar-refractivity contribution in [2.24, 2.45) is 0 Å². The third-order valence-electron chi connectivity index (χ3n) is 14.2. The molecule has 0 aromatic carbocycles. The van der Waals surface area contributed by atoms with Crippen molar-refractivity contribution in [3.8, 4) is 0 Å². The third-order valence-corrected chi connectivity index (χ3v) is 14.2. The van der Waals surface area contributed by atoms with Gasteiger partial charge in [-0.05, 0) is 109 Å². The molecule has 0 radical (unpaired) electrons. The maximum absolute atomic E-state index is 12.4. The molecule has 0 aliphatic heterocycles. The Kier molecular flexibility index (Phi) is 64.4. The maximum atomic E-state index is 12.4. The molecule has 0 aromatic rings. The molecule has 0 heterocycles. The van der Waals surface area contributed by atoms with Gasteiger partial charge in [0.1, 0.15) is 6.61 Å². The third kappa shape index (κ3) is 64.8. The van der Waals surface area contributed by atoms with Crippen molar-refractivity contribution in [1.29, 1.82) is 0 Å². The van der Waals surface area contributed by atoms with Gasteiger partial charge in [0.2, 0.25) is 0 Å². The van der Waals surface area contributed by atoms with Crippen molar-refractivity contribution in [1.82, 2.24) is 0 Å². The Morgan fingerprint density at radius 1 is 0.308 bits per heavy atom. The lowest BCUT2D eigenvalue weighted by atomic mass is 10.0. The van der Waals surface area contributed by atoms with E-state index in [0.717, 1.165) is 103 Å². The number of carbonyl (C=O) groups is 2. The minimum absolute atomic E-state index is 0.0722. The van der Waals surface area contributed by atoms with Gasteiger partial charge >= 0.3 is 11.9 Å². The number of aliphatic hydroxyl groups is 1. The van der Waals surface area contributed by atoms with Crippen LogP contribution in [-0.4, -0.2) is 36.4 Å². The first-order valence-electron chi connectivity index (χ1n) is 33.1. The summed E-state index contributed by atoms with van der Waals surface area (Å²) in [6.45, 7) is 4.03. The lowest BCUT2D eigenvalue weighted by molar-refractivity contribution is -0.161. The van der Waals surface area contributed by atoms with Crippen LogP contribution in [0.4, 0.5) is 0 Å². The molecule has 0 aliphatic rings. The zero-order valence-corrected chi connectivity index (χ0v) is 51.1. The first-order chi connectivity index (χ1) is 38.6. The van der Waals surface area contributed by atoms with Gasteiger partial charge in [-0.25, -0.2) is 0 Å². The van der Waals surface area contributed by atoms with Gasteiger partial charge in [-0.3, -0.25) is 9.59 Å². The van der Waals surface area contributed by atoms with Crippen LogP contribution in [0.5, 0.6) is 0 Å². The van der Waals surface area contributed by atoms with Crippen molar-refractivity contribution >= 4 is 11.9 Å². The minimum Gasteiger partial charge on any atom is -0.462 e. The molecule has 0 spiro atoms. The highest BCUT2D eigenvalue weighted by molar-refractivity contribution is 5.70. The van der Waals surface area contributed by atoms with E-state index >= 15 is 0 Å². The smallest absolute Gasteiger partial charge is 0.306 e. The molecule has 0 aromatic heterocycles. The van der Waals surface area contributed by atoms with Crippen LogP contribution in [0.15, 0.2) is 122 Å². The summed E-state index contributed by atoms with van der Waals surface area (Å²) in [6.07, 6.45) is 99.2. The average molecular weight is 1080 g/mol. The molecule has 0 aliphatic carbocycles. The molecule has 5 nitrogen and oxygen atoms in total. The molecule has 78 heavy (non-hydrogen) atoms. The van der Waals surface area contributed by atoms with E-state index in [1.165, 1.54) is 180 Å². The van der Waals surface area contributed by atoms with Gasteiger partial charge in [-0.2, -0.15) is 0 Å². The SMILES string of the molecule is CC/C=C\C/C=C\C/C=C\C/C=C\C/C=C\C/C=C\C/C=C\CCCCCCCCCCCC(=O)OC(CO)COC(=O)CCCCCCCCCCCCCCCCCCCC/C=C\C/C=C\C/C=C\CCCCCCC. The summed E-state index contributed by atoms with van der Waals surface area (Å²) in [5.41, 5.74) is 0. The van der Waals surface area contributed by atoms with Gasteiger partial charge in [-0.1, -0.05) is 309 Å². The summed E-state index contributed by atoms with van der Waals surface area (Å²) < 4.78 is 10.7. The first-order valence-corrected chi connectivity index (χ1v) is 33.1. The number of unbranched alkanes of at least 4 members (excludes halogenated alkanes) is 32. The van der Waals surface area contributed by atoms with Crippen LogP contribution >= 0.6 is 0 Å². The molecule has 0 rings (SSSR count). The predicted octanol–water partition coefficient (Wildman–Crippen LogP) is 23.0. The molecule has 0 saturated carbocycles. The van der Waals surface area contributed by atoms with Crippen LogP contribution < -0.4 is 0 Å². The number of hydrogen-bond donors (Lipinski definition) is 1. The van der Waals surface area contributed by atoms with E-state index in [2.05, 4.69) is 135 Å². The second kappa shape index (κ2) is 67.6. The Labute approximate surface area is 483 Å². The van der Waals surface area contributed by atoms with Crippen molar-refractivity contribution < 1.29 is 24.2 Å². The molecule has 0 fully saturated rings. The fourth-order valence-electron chi connectivity index (χ4n) is 9.31. The van der Waals surface area contributed by atoms with Crippen LogP contribution in [0, 0.1) is 0 Å². The summed E-state index contributed by atoms with van der Waals surface area (Å²) in [5, 5.41) is 9.69. The molecule has 0 saturated heterocycles. The standard InChI is InChI=1S/C73H124O5/c1-3-5-7-9-11-13-15-17-19-21-23-25-27-29-31-33-35-36-38-39-41-43-45-47-49-51-53-55-57-59-61-63-65-67-72(75)77-70-71(69-74)78-73(76)68-66-64-62-60-58-56-54-52-50-48-46-44-42-40-37-34-32-30-28-26-24-22-20-18-16-14-12-10-8-6-4-2/h6,8,12,14-15,17-18,20-21,23-24,26-27,29-30,32,37,40,44,46,71,74H,3-5,7,9-11,13,16,19,22,25,28,31,33-36,38-39,41-43,45,47-70H2,1-2H3/b8-6-,14-12-,17-15-,20-18-,23-21-,26-24-,29-27-,32-30-,40-37-,46-44-.